The lowest BCUT2D eigenvalue weighted by molar-refractivity contribution is -0.138. The van der Waals surface area contributed by atoms with Gasteiger partial charge >= 0.3 is 6.18 Å². The number of anilines is 1. The average molecular weight is 360 g/mol. The van der Waals surface area contributed by atoms with E-state index in [4.69, 9.17) is 4.74 Å². The van der Waals surface area contributed by atoms with Crippen molar-refractivity contribution in [3.8, 4) is 5.75 Å². The smallest absolute Gasteiger partial charge is 0.419 e. The number of alkyl halides is 3. The van der Waals surface area contributed by atoms with Gasteiger partial charge in [-0.15, -0.1) is 0 Å². The molecule has 2 aromatic carbocycles. The van der Waals surface area contributed by atoms with Gasteiger partial charge in [-0.05, 0) is 30.3 Å². The Labute approximate surface area is 129 Å². The van der Waals surface area contributed by atoms with Crippen molar-refractivity contribution in [3.63, 3.8) is 0 Å². The minimum absolute atomic E-state index is 0.138. The van der Waals surface area contributed by atoms with Crippen LogP contribution in [0.4, 0.5) is 18.9 Å². The minimum Gasteiger partial charge on any atom is -0.491 e. The zero-order chi connectivity index (χ0) is 15.3. The molecule has 0 aliphatic carbocycles. The summed E-state index contributed by atoms with van der Waals surface area (Å²) in [5.41, 5.74) is 0.115. The molecule has 112 valence electrons. The standard InChI is InChI=1S/C15H13BrF3NO/c16-11-4-3-5-12(10-11)20-8-9-21-14-7-2-1-6-13(14)15(17,18)19/h1-7,10,20H,8-9H2. The fourth-order valence-corrected chi connectivity index (χ4v) is 2.18. The number of hydrogen-bond acceptors (Lipinski definition) is 2. The number of rotatable bonds is 5. The van der Waals surface area contributed by atoms with Crippen molar-refractivity contribution in [2.45, 2.75) is 6.18 Å². The summed E-state index contributed by atoms with van der Waals surface area (Å²) in [6.07, 6.45) is -4.41. The molecular formula is C15H13BrF3NO. The van der Waals surface area contributed by atoms with Crippen LogP contribution < -0.4 is 10.1 Å². The van der Waals surface area contributed by atoms with Crippen molar-refractivity contribution >= 4 is 21.6 Å². The van der Waals surface area contributed by atoms with Crippen molar-refractivity contribution in [2.24, 2.45) is 0 Å². The number of nitrogens with one attached hydrogen (secondary N) is 1. The van der Waals surface area contributed by atoms with Gasteiger partial charge in [-0.25, -0.2) is 0 Å². The topological polar surface area (TPSA) is 21.3 Å². The third kappa shape index (κ3) is 4.67. The van der Waals surface area contributed by atoms with Crippen molar-refractivity contribution in [3.05, 3.63) is 58.6 Å². The van der Waals surface area contributed by atoms with E-state index in [0.29, 0.717) is 6.54 Å². The third-order valence-electron chi connectivity index (χ3n) is 2.71. The zero-order valence-corrected chi connectivity index (χ0v) is 12.5. The number of halogens is 4. The SMILES string of the molecule is FC(F)(F)c1ccccc1OCCNc1cccc(Br)c1. The highest BCUT2D eigenvalue weighted by Crippen LogP contribution is 2.35. The fourth-order valence-electron chi connectivity index (χ4n) is 1.78. The Hall–Kier alpha value is -1.69. The van der Waals surface area contributed by atoms with E-state index in [-0.39, 0.29) is 12.4 Å². The fraction of sp³-hybridized carbons (Fsp3) is 0.200. The van der Waals surface area contributed by atoms with Crippen molar-refractivity contribution < 1.29 is 17.9 Å². The Balaban J connectivity index is 1.90. The van der Waals surface area contributed by atoms with Gasteiger partial charge < -0.3 is 10.1 Å². The van der Waals surface area contributed by atoms with Crippen LogP contribution in [0.1, 0.15) is 5.56 Å². The van der Waals surface area contributed by atoms with Crippen LogP contribution in [0.3, 0.4) is 0 Å². The second kappa shape index (κ2) is 6.85. The van der Waals surface area contributed by atoms with Gasteiger partial charge in [-0.3, -0.25) is 0 Å². The summed E-state index contributed by atoms with van der Waals surface area (Å²) < 4.78 is 44.4. The molecule has 2 nitrogen and oxygen atoms in total. The van der Waals surface area contributed by atoms with Crippen molar-refractivity contribution in [1.29, 1.82) is 0 Å². The summed E-state index contributed by atoms with van der Waals surface area (Å²) in [7, 11) is 0. The Kier molecular flexibility index (Phi) is 5.12. The predicted octanol–water partition coefficient (Wildman–Crippen LogP) is 4.96. The molecule has 0 bridgehead atoms. The molecule has 0 fully saturated rings. The van der Waals surface area contributed by atoms with Gasteiger partial charge in [-0.1, -0.05) is 34.1 Å². The number of para-hydroxylation sites is 1. The lowest BCUT2D eigenvalue weighted by atomic mass is 10.2. The van der Waals surface area contributed by atoms with Crippen LogP contribution in [0.5, 0.6) is 5.75 Å². The van der Waals surface area contributed by atoms with Crippen LogP contribution in [0, 0.1) is 0 Å². The summed E-state index contributed by atoms with van der Waals surface area (Å²) in [5, 5.41) is 3.08. The Morgan fingerprint density at radius 2 is 1.81 bits per heavy atom. The van der Waals surface area contributed by atoms with Crippen LogP contribution in [0.15, 0.2) is 53.0 Å². The highest BCUT2D eigenvalue weighted by Gasteiger charge is 2.33. The van der Waals surface area contributed by atoms with Crippen LogP contribution in [0.25, 0.3) is 0 Å². The van der Waals surface area contributed by atoms with E-state index in [2.05, 4.69) is 21.2 Å². The quantitative estimate of drug-likeness (QED) is 0.761. The van der Waals surface area contributed by atoms with Crippen LogP contribution in [-0.4, -0.2) is 13.2 Å². The van der Waals surface area contributed by atoms with E-state index in [9.17, 15) is 13.2 Å². The predicted molar refractivity (Wildman–Crippen MR) is 79.6 cm³/mol. The van der Waals surface area contributed by atoms with E-state index in [1.165, 1.54) is 18.2 Å². The molecule has 0 saturated carbocycles. The van der Waals surface area contributed by atoms with Crippen molar-refractivity contribution in [1.82, 2.24) is 0 Å². The molecule has 0 aliphatic heterocycles. The lowest BCUT2D eigenvalue weighted by Gasteiger charge is -2.14. The summed E-state index contributed by atoms with van der Waals surface area (Å²) >= 11 is 3.34. The maximum atomic E-state index is 12.8. The van der Waals surface area contributed by atoms with Gasteiger partial charge in [0.2, 0.25) is 0 Å². The van der Waals surface area contributed by atoms with E-state index in [1.807, 2.05) is 24.3 Å². The molecule has 0 aromatic heterocycles. The Morgan fingerprint density at radius 3 is 2.52 bits per heavy atom. The van der Waals surface area contributed by atoms with E-state index >= 15 is 0 Å². The summed E-state index contributed by atoms with van der Waals surface area (Å²) in [6.45, 7) is 0.544. The first-order chi connectivity index (χ1) is 9.97. The van der Waals surface area contributed by atoms with Gasteiger partial charge in [0.15, 0.2) is 0 Å². The van der Waals surface area contributed by atoms with Crippen LogP contribution in [-0.2, 0) is 6.18 Å². The normalized spacial score (nSPS) is 11.2. The summed E-state index contributed by atoms with van der Waals surface area (Å²) in [4.78, 5) is 0. The van der Waals surface area contributed by atoms with Crippen LogP contribution >= 0.6 is 15.9 Å². The molecular weight excluding hydrogens is 347 g/mol. The average Bonchev–Trinajstić information content (AvgIpc) is 2.43. The molecule has 21 heavy (non-hydrogen) atoms. The molecule has 0 atom stereocenters. The molecule has 0 aliphatic rings. The molecule has 2 rings (SSSR count). The number of hydrogen-bond donors (Lipinski definition) is 1. The molecule has 0 unspecified atom stereocenters. The summed E-state index contributed by atoms with van der Waals surface area (Å²) in [5.74, 6) is -0.152. The first kappa shape index (κ1) is 15.7. The van der Waals surface area contributed by atoms with E-state index < -0.39 is 11.7 Å². The summed E-state index contributed by atoms with van der Waals surface area (Å²) in [6, 6.07) is 12.7. The first-order valence-corrected chi connectivity index (χ1v) is 7.04. The zero-order valence-electron chi connectivity index (χ0n) is 11.0. The van der Waals surface area contributed by atoms with E-state index in [1.54, 1.807) is 0 Å². The molecule has 0 saturated heterocycles. The highest BCUT2D eigenvalue weighted by atomic mass is 79.9. The molecule has 0 amide bonds. The molecule has 0 spiro atoms. The van der Waals surface area contributed by atoms with Crippen LogP contribution in [0.2, 0.25) is 0 Å². The van der Waals surface area contributed by atoms with Gasteiger partial charge in [0, 0.05) is 16.7 Å². The maximum absolute atomic E-state index is 12.8. The third-order valence-corrected chi connectivity index (χ3v) is 3.20. The molecule has 0 heterocycles. The maximum Gasteiger partial charge on any atom is 0.419 e. The lowest BCUT2D eigenvalue weighted by Crippen LogP contribution is -2.14. The number of ether oxygens (including phenoxy) is 1. The highest BCUT2D eigenvalue weighted by molar-refractivity contribution is 9.10. The van der Waals surface area contributed by atoms with Gasteiger partial charge in [0.25, 0.3) is 0 Å². The van der Waals surface area contributed by atoms with E-state index in [0.717, 1.165) is 16.2 Å². The Bertz CT molecular complexity index is 601. The Morgan fingerprint density at radius 1 is 1.05 bits per heavy atom. The van der Waals surface area contributed by atoms with Gasteiger partial charge in [0.1, 0.15) is 12.4 Å². The first-order valence-electron chi connectivity index (χ1n) is 6.25. The second-order valence-corrected chi connectivity index (χ2v) is 5.20. The number of benzene rings is 2. The molecule has 2 aromatic rings. The molecule has 0 radical (unpaired) electrons. The monoisotopic (exact) mass is 359 g/mol. The molecule has 1 N–H and O–H groups in total. The second-order valence-electron chi connectivity index (χ2n) is 4.28. The molecule has 6 heteroatoms. The largest absolute Gasteiger partial charge is 0.491 e. The van der Waals surface area contributed by atoms with Crippen molar-refractivity contribution in [2.75, 3.05) is 18.5 Å². The van der Waals surface area contributed by atoms with Gasteiger partial charge in [0.05, 0.1) is 5.56 Å². The van der Waals surface area contributed by atoms with Gasteiger partial charge in [-0.2, -0.15) is 13.2 Å². The minimum atomic E-state index is -4.41.